The highest BCUT2D eigenvalue weighted by atomic mass is 32.2. The monoisotopic (exact) mass is 335 g/mol. The van der Waals surface area contributed by atoms with Crippen LogP contribution >= 0.6 is 0 Å². The molecular weight excluding hydrogens is 316 g/mol. The van der Waals surface area contributed by atoms with Gasteiger partial charge < -0.3 is 9.47 Å². The largest absolute Gasteiger partial charge is 0.490 e. The maximum atomic E-state index is 13.5. The van der Waals surface area contributed by atoms with Gasteiger partial charge in [-0.2, -0.15) is 4.72 Å². The Balaban J connectivity index is 2.33. The normalized spacial score (nSPS) is 16.2. The van der Waals surface area contributed by atoms with Crippen molar-refractivity contribution in [2.24, 2.45) is 0 Å². The zero-order valence-corrected chi connectivity index (χ0v) is 13.5. The number of benzene rings is 1. The van der Waals surface area contributed by atoms with Gasteiger partial charge in [-0.25, -0.2) is 17.2 Å². The number of hydrogen-bond acceptors (Lipinski definition) is 4. The molecule has 0 aliphatic carbocycles. The summed E-state index contributed by atoms with van der Waals surface area (Å²) in [5, 5.41) is 0. The second kappa shape index (κ2) is 5.66. The molecule has 0 fully saturated rings. The fourth-order valence-electron chi connectivity index (χ4n) is 1.80. The van der Waals surface area contributed by atoms with Gasteiger partial charge >= 0.3 is 0 Å². The molecule has 1 aliphatic rings. The Morgan fingerprint density at radius 1 is 1.09 bits per heavy atom. The molecule has 22 heavy (non-hydrogen) atoms. The molecule has 0 aromatic heterocycles. The van der Waals surface area contributed by atoms with Gasteiger partial charge in [-0.3, -0.25) is 0 Å². The van der Waals surface area contributed by atoms with Crippen molar-refractivity contribution in [3.8, 4) is 11.5 Å². The lowest BCUT2D eigenvalue weighted by Crippen LogP contribution is -2.54. The minimum absolute atomic E-state index is 0.144. The Kier molecular flexibility index (Phi) is 4.36. The van der Waals surface area contributed by atoms with Crippen molar-refractivity contribution < 1.29 is 26.7 Å². The van der Waals surface area contributed by atoms with Crippen molar-refractivity contribution in [3.63, 3.8) is 0 Å². The number of fused-ring (bicyclic) bond motifs is 1. The molecule has 0 spiro atoms. The van der Waals surface area contributed by atoms with Crippen molar-refractivity contribution in [1.29, 1.82) is 0 Å². The van der Waals surface area contributed by atoms with Gasteiger partial charge in [0.1, 0.15) is 0 Å². The van der Waals surface area contributed by atoms with Crippen molar-refractivity contribution in [2.75, 3.05) is 13.2 Å². The van der Waals surface area contributed by atoms with E-state index in [0.29, 0.717) is 38.1 Å². The van der Waals surface area contributed by atoms with E-state index in [4.69, 9.17) is 9.47 Å². The smallest absolute Gasteiger partial charge is 0.263 e. The fourth-order valence-corrected chi connectivity index (χ4v) is 3.27. The molecule has 1 heterocycles. The van der Waals surface area contributed by atoms with Gasteiger partial charge in [0.2, 0.25) is 10.0 Å². The van der Waals surface area contributed by atoms with Crippen LogP contribution in [0.2, 0.25) is 0 Å². The highest BCUT2D eigenvalue weighted by Gasteiger charge is 2.45. The second-order valence-corrected chi connectivity index (χ2v) is 7.46. The first kappa shape index (κ1) is 17.0. The quantitative estimate of drug-likeness (QED) is 0.918. The molecule has 0 unspecified atom stereocenters. The number of alkyl halides is 2. The summed E-state index contributed by atoms with van der Waals surface area (Å²) in [6.45, 7) is 3.82. The first-order valence-corrected chi connectivity index (χ1v) is 8.33. The third kappa shape index (κ3) is 3.49. The number of rotatable bonds is 4. The summed E-state index contributed by atoms with van der Waals surface area (Å²) in [6.07, 6.45) is 0.685. The molecular formula is C14H19F2NO4S. The van der Waals surface area contributed by atoms with E-state index in [2.05, 4.69) is 0 Å². The zero-order chi connectivity index (χ0) is 16.6. The van der Waals surface area contributed by atoms with E-state index in [1.807, 2.05) is 4.72 Å². The Hall–Kier alpha value is -1.41. The summed E-state index contributed by atoms with van der Waals surface area (Å²) >= 11 is 0. The van der Waals surface area contributed by atoms with E-state index in [1.165, 1.54) is 18.2 Å². The van der Waals surface area contributed by atoms with Crippen LogP contribution in [0.1, 0.15) is 27.2 Å². The summed E-state index contributed by atoms with van der Waals surface area (Å²) in [4.78, 5) is -0.144. The molecule has 0 amide bonds. The molecule has 1 aliphatic heterocycles. The lowest BCUT2D eigenvalue weighted by Gasteiger charge is -2.31. The number of halogens is 2. The van der Waals surface area contributed by atoms with Crippen molar-refractivity contribution in [1.82, 2.24) is 4.72 Å². The molecule has 5 nitrogen and oxygen atoms in total. The molecule has 8 heteroatoms. The van der Waals surface area contributed by atoms with Crippen LogP contribution in [-0.4, -0.2) is 33.1 Å². The number of ether oxygens (including phenoxy) is 2. The fraction of sp³-hybridized carbons (Fsp3) is 0.571. The topological polar surface area (TPSA) is 64.6 Å². The van der Waals surface area contributed by atoms with Crippen LogP contribution in [0.25, 0.3) is 0 Å². The molecule has 0 bridgehead atoms. The highest BCUT2D eigenvalue weighted by Crippen LogP contribution is 2.33. The SMILES string of the molecule is CC(F)(F)C(C)(C)NS(=O)(=O)c1ccc2c(c1)OCCCO2. The van der Waals surface area contributed by atoms with Crippen LogP contribution < -0.4 is 14.2 Å². The van der Waals surface area contributed by atoms with E-state index in [-0.39, 0.29) is 4.90 Å². The standard InChI is InChI=1S/C14H19F2NO4S/c1-13(2,14(3,15)16)17-22(18,19)10-5-6-11-12(9-10)21-8-4-7-20-11/h5-6,9,17H,4,7-8H2,1-3H3. The molecule has 124 valence electrons. The summed E-state index contributed by atoms with van der Waals surface area (Å²) in [5.74, 6) is -2.48. The van der Waals surface area contributed by atoms with Gasteiger partial charge in [-0.15, -0.1) is 0 Å². The van der Waals surface area contributed by atoms with Crippen molar-refractivity contribution >= 4 is 10.0 Å². The van der Waals surface area contributed by atoms with Gasteiger partial charge in [0.15, 0.2) is 11.5 Å². The van der Waals surface area contributed by atoms with Crippen molar-refractivity contribution in [3.05, 3.63) is 18.2 Å². The maximum Gasteiger partial charge on any atom is 0.263 e. The average molecular weight is 335 g/mol. The van der Waals surface area contributed by atoms with Crippen LogP contribution in [0.3, 0.4) is 0 Å². The molecule has 0 atom stereocenters. The van der Waals surface area contributed by atoms with E-state index in [1.54, 1.807) is 0 Å². The molecule has 0 saturated carbocycles. The first-order valence-electron chi connectivity index (χ1n) is 6.84. The zero-order valence-electron chi connectivity index (χ0n) is 12.7. The summed E-state index contributed by atoms with van der Waals surface area (Å²) in [7, 11) is -4.11. The predicted molar refractivity (Wildman–Crippen MR) is 77.1 cm³/mol. The van der Waals surface area contributed by atoms with E-state index in [9.17, 15) is 17.2 Å². The van der Waals surface area contributed by atoms with Crippen molar-refractivity contribution in [2.45, 2.75) is 43.5 Å². The first-order chi connectivity index (χ1) is 10.0. The molecule has 0 saturated heterocycles. The predicted octanol–water partition coefficient (Wildman–Crippen LogP) is 2.56. The van der Waals surface area contributed by atoms with Crippen LogP contribution in [0.4, 0.5) is 8.78 Å². The summed E-state index contributed by atoms with van der Waals surface area (Å²) in [5.41, 5.74) is -1.92. The Morgan fingerprint density at radius 2 is 1.68 bits per heavy atom. The lowest BCUT2D eigenvalue weighted by atomic mass is 10.00. The Labute approximate surface area is 128 Å². The second-order valence-electron chi connectivity index (χ2n) is 5.78. The number of sulfonamides is 1. The third-order valence-electron chi connectivity index (χ3n) is 3.52. The molecule has 1 aromatic carbocycles. The Bertz CT molecular complexity index is 653. The maximum absolute atomic E-state index is 13.5. The van der Waals surface area contributed by atoms with E-state index >= 15 is 0 Å². The summed E-state index contributed by atoms with van der Waals surface area (Å²) < 4.78 is 64.5. The van der Waals surface area contributed by atoms with Crippen LogP contribution in [0, 0.1) is 0 Å². The lowest BCUT2D eigenvalue weighted by molar-refractivity contribution is -0.0488. The minimum atomic E-state index is -4.11. The van der Waals surface area contributed by atoms with Crippen LogP contribution in [-0.2, 0) is 10.0 Å². The Morgan fingerprint density at radius 3 is 2.27 bits per heavy atom. The van der Waals surface area contributed by atoms with E-state index in [0.717, 1.165) is 13.8 Å². The highest BCUT2D eigenvalue weighted by molar-refractivity contribution is 7.89. The summed E-state index contributed by atoms with van der Waals surface area (Å²) in [6, 6.07) is 4.05. The molecule has 1 N–H and O–H groups in total. The number of hydrogen-bond donors (Lipinski definition) is 1. The van der Waals surface area contributed by atoms with Crippen LogP contribution in [0.5, 0.6) is 11.5 Å². The van der Waals surface area contributed by atoms with Gasteiger partial charge in [0.25, 0.3) is 5.92 Å². The number of nitrogens with one attached hydrogen (secondary N) is 1. The van der Waals surface area contributed by atoms with Gasteiger partial charge in [-0.05, 0) is 26.0 Å². The van der Waals surface area contributed by atoms with E-state index < -0.39 is 21.5 Å². The van der Waals surface area contributed by atoms with Crippen LogP contribution in [0.15, 0.2) is 23.1 Å². The molecule has 0 radical (unpaired) electrons. The third-order valence-corrected chi connectivity index (χ3v) is 5.17. The van der Waals surface area contributed by atoms with Gasteiger partial charge in [-0.1, -0.05) is 0 Å². The average Bonchev–Trinajstić information content (AvgIpc) is 2.60. The minimum Gasteiger partial charge on any atom is -0.490 e. The molecule has 2 rings (SSSR count). The van der Waals surface area contributed by atoms with Gasteiger partial charge in [0.05, 0.1) is 23.6 Å². The molecule has 1 aromatic rings. The van der Waals surface area contributed by atoms with Gasteiger partial charge in [0, 0.05) is 19.4 Å².